The number of methoxy groups -OCH3 is 4. The second-order valence-electron chi connectivity index (χ2n) is 6.71. The summed E-state index contributed by atoms with van der Waals surface area (Å²) in [5.41, 5.74) is 1.19. The van der Waals surface area contributed by atoms with E-state index in [0.29, 0.717) is 29.9 Å². The van der Waals surface area contributed by atoms with Gasteiger partial charge in [-0.3, -0.25) is 0 Å². The third kappa shape index (κ3) is 5.63. The maximum absolute atomic E-state index is 10.9. The zero-order chi connectivity index (χ0) is 23.0. The Morgan fingerprint density at radius 3 is 1.74 bits per heavy atom. The van der Waals surface area contributed by atoms with Crippen molar-refractivity contribution < 1.29 is 44.1 Å². The van der Waals surface area contributed by atoms with Crippen molar-refractivity contribution in [2.24, 2.45) is 0 Å². The number of benzene rings is 2. The molecular formula is C22H30O9. The normalized spacial score (nSPS) is 12.7. The topological polar surface area (TPSA) is 127 Å². The number of rotatable bonds is 12. The highest BCUT2D eigenvalue weighted by molar-refractivity contribution is 5.55. The van der Waals surface area contributed by atoms with Gasteiger partial charge in [0.25, 0.3) is 0 Å². The first kappa shape index (κ1) is 24.4. The fourth-order valence-electron chi connectivity index (χ4n) is 3.13. The molecule has 0 bridgehead atoms. The average molecular weight is 438 g/mol. The lowest BCUT2D eigenvalue weighted by molar-refractivity contribution is -0.00185. The Morgan fingerprint density at radius 1 is 0.806 bits per heavy atom. The number of ether oxygens (including phenoxy) is 5. The smallest absolute Gasteiger partial charge is 0.204 e. The van der Waals surface area contributed by atoms with Crippen molar-refractivity contribution in [3.8, 4) is 34.5 Å². The van der Waals surface area contributed by atoms with Gasteiger partial charge in [0.15, 0.2) is 29.1 Å². The number of aryl methyl sites for hydroxylation is 1. The lowest BCUT2D eigenvalue weighted by Crippen LogP contribution is -2.29. The molecule has 31 heavy (non-hydrogen) atoms. The molecule has 0 heterocycles. The Hall–Kier alpha value is -2.88. The number of phenolic OH excluding ortho intramolecular Hbond substituents is 1. The molecule has 2 aromatic rings. The van der Waals surface area contributed by atoms with Crippen LogP contribution in [0.25, 0.3) is 0 Å². The van der Waals surface area contributed by atoms with Crippen LogP contribution >= 0.6 is 0 Å². The number of phenols is 1. The van der Waals surface area contributed by atoms with Gasteiger partial charge in [0.05, 0.1) is 35.0 Å². The van der Waals surface area contributed by atoms with Crippen molar-refractivity contribution in [3.63, 3.8) is 0 Å². The molecule has 0 radical (unpaired) electrons. The highest BCUT2D eigenvalue weighted by Crippen LogP contribution is 2.42. The monoisotopic (exact) mass is 438 g/mol. The molecule has 9 nitrogen and oxygen atoms in total. The summed E-state index contributed by atoms with van der Waals surface area (Å²) in [6, 6.07) is 6.36. The number of aliphatic hydroxyl groups is 3. The van der Waals surface area contributed by atoms with Crippen LogP contribution in [-0.4, -0.2) is 68.2 Å². The van der Waals surface area contributed by atoms with Crippen LogP contribution in [0.15, 0.2) is 24.3 Å². The van der Waals surface area contributed by atoms with Crippen LogP contribution in [0.2, 0.25) is 0 Å². The molecule has 0 aromatic heterocycles. The summed E-state index contributed by atoms with van der Waals surface area (Å²) < 4.78 is 27.0. The molecule has 4 N–H and O–H groups in total. The van der Waals surface area contributed by atoms with E-state index < -0.39 is 18.8 Å². The Balaban J connectivity index is 2.40. The van der Waals surface area contributed by atoms with Gasteiger partial charge in [-0.1, -0.05) is 0 Å². The molecule has 0 saturated heterocycles. The molecule has 2 rings (SSSR count). The van der Waals surface area contributed by atoms with Crippen LogP contribution in [-0.2, 0) is 6.42 Å². The summed E-state index contributed by atoms with van der Waals surface area (Å²) in [5, 5.41) is 40.0. The molecule has 0 spiro atoms. The molecular weight excluding hydrogens is 408 g/mol. The molecule has 172 valence electrons. The zero-order valence-corrected chi connectivity index (χ0v) is 18.1. The fourth-order valence-corrected chi connectivity index (χ4v) is 3.13. The zero-order valence-electron chi connectivity index (χ0n) is 18.1. The molecule has 0 amide bonds. The predicted octanol–water partition coefficient (Wildman–Crippen LogP) is 1.82. The Bertz CT molecular complexity index is 803. The molecule has 9 heteroatoms. The molecule has 2 aromatic carbocycles. The Labute approximate surface area is 181 Å². The quantitative estimate of drug-likeness (QED) is 0.392. The summed E-state index contributed by atoms with van der Waals surface area (Å²) in [5.74, 6) is 0.942. The van der Waals surface area contributed by atoms with Crippen molar-refractivity contribution in [1.82, 2.24) is 0 Å². The van der Waals surface area contributed by atoms with Crippen molar-refractivity contribution in [3.05, 3.63) is 35.4 Å². The van der Waals surface area contributed by atoms with E-state index in [1.807, 2.05) is 0 Å². The molecule has 0 aliphatic carbocycles. The SMILES string of the molecule is COc1cc([C@@H](O)[C@H](CO)Oc2c(OC)cc(CCCO)cc2OC)cc(OC)c1O. The van der Waals surface area contributed by atoms with Crippen LogP contribution < -0.4 is 23.7 Å². The minimum atomic E-state index is -1.29. The van der Waals surface area contributed by atoms with Crippen molar-refractivity contribution >= 4 is 0 Å². The second kappa shape index (κ2) is 11.5. The third-order valence-corrected chi connectivity index (χ3v) is 4.79. The fraction of sp³-hybridized carbons (Fsp3) is 0.455. The van der Waals surface area contributed by atoms with Gasteiger partial charge < -0.3 is 44.1 Å². The van der Waals surface area contributed by atoms with Crippen molar-refractivity contribution in [2.75, 3.05) is 41.7 Å². The minimum Gasteiger partial charge on any atom is -0.502 e. The van der Waals surface area contributed by atoms with Gasteiger partial charge in [-0.05, 0) is 48.2 Å². The predicted molar refractivity (Wildman–Crippen MR) is 113 cm³/mol. The van der Waals surface area contributed by atoms with Gasteiger partial charge >= 0.3 is 0 Å². The maximum Gasteiger partial charge on any atom is 0.204 e. The molecule has 0 aliphatic rings. The van der Waals surface area contributed by atoms with E-state index in [1.165, 1.54) is 40.6 Å². The van der Waals surface area contributed by atoms with Gasteiger partial charge in [0.2, 0.25) is 11.5 Å². The summed E-state index contributed by atoms with van der Waals surface area (Å²) in [6.45, 7) is -0.466. The van der Waals surface area contributed by atoms with E-state index in [2.05, 4.69) is 0 Å². The van der Waals surface area contributed by atoms with E-state index in [-0.39, 0.29) is 29.6 Å². The van der Waals surface area contributed by atoms with Gasteiger partial charge in [-0.2, -0.15) is 0 Å². The maximum atomic E-state index is 10.9. The van der Waals surface area contributed by atoms with Gasteiger partial charge in [-0.25, -0.2) is 0 Å². The van der Waals surface area contributed by atoms with Crippen LogP contribution in [0.3, 0.4) is 0 Å². The third-order valence-electron chi connectivity index (χ3n) is 4.79. The lowest BCUT2D eigenvalue weighted by Gasteiger charge is -2.26. The minimum absolute atomic E-state index is 0.0568. The lowest BCUT2D eigenvalue weighted by atomic mass is 10.0. The van der Waals surface area contributed by atoms with Crippen molar-refractivity contribution in [1.29, 1.82) is 0 Å². The summed E-state index contributed by atoms with van der Waals surface area (Å²) >= 11 is 0. The van der Waals surface area contributed by atoms with E-state index in [1.54, 1.807) is 12.1 Å². The highest BCUT2D eigenvalue weighted by atomic mass is 16.6. The number of aromatic hydroxyl groups is 1. The average Bonchev–Trinajstić information content (AvgIpc) is 2.80. The van der Waals surface area contributed by atoms with E-state index in [0.717, 1.165) is 5.56 Å². The molecule has 0 fully saturated rings. The van der Waals surface area contributed by atoms with Crippen LogP contribution in [0.4, 0.5) is 0 Å². The van der Waals surface area contributed by atoms with Crippen LogP contribution in [0.1, 0.15) is 23.7 Å². The second-order valence-corrected chi connectivity index (χ2v) is 6.71. The van der Waals surface area contributed by atoms with Crippen molar-refractivity contribution in [2.45, 2.75) is 25.0 Å². The number of hydrogen-bond acceptors (Lipinski definition) is 9. The van der Waals surface area contributed by atoms with Gasteiger partial charge in [0.1, 0.15) is 6.10 Å². The first-order chi connectivity index (χ1) is 14.9. The summed E-state index contributed by atoms with van der Waals surface area (Å²) in [7, 11) is 5.69. The first-order valence-corrected chi connectivity index (χ1v) is 9.70. The molecule has 2 atom stereocenters. The van der Waals surface area contributed by atoms with Gasteiger partial charge in [-0.15, -0.1) is 0 Å². The Kier molecular flexibility index (Phi) is 9.04. The molecule has 0 unspecified atom stereocenters. The van der Waals surface area contributed by atoms with E-state index in [9.17, 15) is 15.3 Å². The van der Waals surface area contributed by atoms with Crippen LogP contribution in [0.5, 0.6) is 34.5 Å². The number of aliphatic hydroxyl groups excluding tert-OH is 3. The van der Waals surface area contributed by atoms with E-state index >= 15 is 0 Å². The van der Waals surface area contributed by atoms with E-state index in [4.69, 9.17) is 28.8 Å². The standard InChI is InChI=1S/C22H30O9/c1-27-15-10-14(11-16(28-2)21(15)26)20(25)19(12-24)31-22-17(29-3)8-13(6-5-7-23)9-18(22)30-4/h8-11,19-20,23-26H,5-7,12H2,1-4H3/t19-,20+/m0/s1. The summed E-state index contributed by atoms with van der Waals surface area (Å²) in [6.07, 6.45) is -1.19. The number of hydrogen-bond donors (Lipinski definition) is 4. The summed E-state index contributed by atoms with van der Waals surface area (Å²) in [4.78, 5) is 0. The van der Waals surface area contributed by atoms with Gasteiger partial charge in [0, 0.05) is 6.61 Å². The molecule has 0 aliphatic heterocycles. The van der Waals surface area contributed by atoms with Crippen LogP contribution in [0, 0.1) is 0 Å². The highest BCUT2D eigenvalue weighted by Gasteiger charge is 2.28. The first-order valence-electron chi connectivity index (χ1n) is 9.70. The largest absolute Gasteiger partial charge is 0.502 e. The molecule has 0 saturated carbocycles. The Morgan fingerprint density at radius 2 is 1.32 bits per heavy atom.